The summed E-state index contributed by atoms with van der Waals surface area (Å²) in [5.74, 6) is -3.93. The highest BCUT2D eigenvalue weighted by Gasteiger charge is 2.23. The average molecular weight is 427 g/mol. The normalized spacial score (nSPS) is 12.2. The fraction of sp³-hybridized carbons (Fsp3) is 0.368. The van der Waals surface area contributed by atoms with Crippen LogP contribution in [0.2, 0.25) is 5.02 Å². The first-order chi connectivity index (χ1) is 13.6. The molecule has 0 saturated heterocycles. The SMILES string of the molecule is CCNC(=O)c1cc(C(=O)NC(C)c2cnc(OCC(C)(F)F)c(Cl)c2)ccn1. The molecule has 156 valence electrons. The Kier molecular flexibility index (Phi) is 7.44. The Morgan fingerprint density at radius 2 is 2.00 bits per heavy atom. The van der Waals surface area contributed by atoms with E-state index in [0.717, 1.165) is 6.92 Å². The topological polar surface area (TPSA) is 93.2 Å². The second-order valence-electron chi connectivity index (χ2n) is 6.40. The molecule has 0 aliphatic rings. The number of ether oxygens (including phenoxy) is 1. The van der Waals surface area contributed by atoms with Gasteiger partial charge >= 0.3 is 0 Å². The highest BCUT2D eigenvalue weighted by atomic mass is 35.5. The van der Waals surface area contributed by atoms with Crippen molar-refractivity contribution < 1.29 is 23.1 Å². The van der Waals surface area contributed by atoms with Gasteiger partial charge in [-0.2, -0.15) is 0 Å². The van der Waals surface area contributed by atoms with Crippen molar-refractivity contribution >= 4 is 23.4 Å². The molecule has 2 rings (SSSR count). The van der Waals surface area contributed by atoms with Gasteiger partial charge in [0, 0.05) is 31.4 Å². The van der Waals surface area contributed by atoms with Crippen LogP contribution in [0.3, 0.4) is 0 Å². The van der Waals surface area contributed by atoms with E-state index < -0.39 is 24.5 Å². The van der Waals surface area contributed by atoms with Crippen LogP contribution >= 0.6 is 11.6 Å². The first-order valence-electron chi connectivity index (χ1n) is 8.82. The molecule has 2 heterocycles. The zero-order valence-corrected chi connectivity index (χ0v) is 16.9. The van der Waals surface area contributed by atoms with Crippen molar-refractivity contribution in [1.82, 2.24) is 20.6 Å². The highest BCUT2D eigenvalue weighted by molar-refractivity contribution is 6.31. The smallest absolute Gasteiger partial charge is 0.278 e. The molecule has 2 N–H and O–H groups in total. The number of carbonyl (C=O) groups excluding carboxylic acids is 2. The fourth-order valence-corrected chi connectivity index (χ4v) is 2.52. The number of hydrogen-bond acceptors (Lipinski definition) is 5. The molecular formula is C19H21ClF2N4O3. The monoisotopic (exact) mass is 426 g/mol. The Balaban J connectivity index is 2.07. The predicted molar refractivity (Wildman–Crippen MR) is 103 cm³/mol. The molecule has 2 aromatic rings. The van der Waals surface area contributed by atoms with Gasteiger partial charge in [-0.3, -0.25) is 14.6 Å². The van der Waals surface area contributed by atoms with Crippen LogP contribution in [-0.4, -0.2) is 40.9 Å². The number of carbonyl (C=O) groups is 2. The van der Waals surface area contributed by atoms with Crippen molar-refractivity contribution in [2.24, 2.45) is 0 Å². The highest BCUT2D eigenvalue weighted by Crippen LogP contribution is 2.26. The lowest BCUT2D eigenvalue weighted by Gasteiger charge is -2.16. The largest absolute Gasteiger partial charge is 0.470 e. The molecule has 10 heteroatoms. The van der Waals surface area contributed by atoms with E-state index in [4.69, 9.17) is 16.3 Å². The van der Waals surface area contributed by atoms with Crippen LogP contribution in [-0.2, 0) is 0 Å². The van der Waals surface area contributed by atoms with Gasteiger partial charge in [0.05, 0.1) is 6.04 Å². The quantitative estimate of drug-likeness (QED) is 0.674. The summed E-state index contributed by atoms with van der Waals surface area (Å²) in [4.78, 5) is 32.2. The molecule has 7 nitrogen and oxygen atoms in total. The third-order valence-electron chi connectivity index (χ3n) is 3.73. The van der Waals surface area contributed by atoms with Gasteiger partial charge in [-0.05, 0) is 37.6 Å². The van der Waals surface area contributed by atoms with E-state index in [9.17, 15) is 18.4 Å². The molecule has 29 heavy (non-hydrogen) atoms. The fourth-order valence-electron chi connectivity index (χ4n) is 2.29. The second kappa shape index (κ2) is 9.60. The standard InChI is InChI=1S/C19H21ClF2N4O3/c1-4-23-17(28)15-8-12(5-6-24-15)16(27)26-11(2)13-7-14(20)18(25-9-13)29-10-19(3,21)22/h5-9,11H,4,10H2,1-3H3,(H,23,28)(H,26,27). The van der Waals surface area contributed by atoms with Crippen molar-refractivity contribution in [2.45, 2.75) is 32.7 Å². The predicted octanol–water partition coefficient (Wildman–Crippen LogP) is 3.40. The van der Waals surface area contributed by atoms with Crippen LogP contribution in [0.1, 0.15) is 53.2 Å². The van der Waals surface area contributed by atoms with Crippen LogP contribution in [0.5, 0.6) is 5.88 Å². The molecule has 0 spiro atoms. The van der Waals surface area contributed by atoms with E-state index in [1.807, 2.05) is 0 Å². The van der Waals surface area contributed by atoms with E-state index in [2.05, 4.69) is 20.6 Å². The Morgan fingerprint density at radius 1 is 1.28 bits per heavy atom. The number of rotatable bonds is 8. The Bertz CT molecular complexity index is 890. The number of hydrogen-bond donors (Lipinski definition) is 2. The van der Waals surface area contributed by atoms with Crippen LogP contribution in [0.25, 0.3) is 0 Å². The molecule has 2 amide bonds. The van der Waals surface area contributed by atoms with Gasteiger partial charge in [0.15, 0.2) is 6.61 Å². The number of alkyl halides is 2. The Hall–Kier alpha value is -2.81. The summed E-state index contributed by atoms with van der Waals surface area (Å²) in [5, 5.41) is 5.42. The second-order valence-corrected chi connectivity index (χ2v) is 6.81. The van der Waals surface area contributed by atoms with Gasteiger partial charge in [-0.15, -0.1) is 0 Å². The minimum Gasteiger partial charge on any atom is -0.470 e. The van der Waals surface area contributed by atoms with Gasteiger partial charge in [-0.1, -0.05) is 11.6 Å². The van der Waals surface area contributed by atoms with Crippen molar-refractivity contribution in [2.75, 3.05) is 13.2 Å². The van der Waals surface area contributed by atoms with Crippen LogP contribution in [0.4, 0.5) is 8.78 Å². The number of pyridine rings is 2. The van der Waals surface area contributed by atoms with Crippen molar-refractivity contribution in [3.8, 4) is 5.88 Å². The van der Waals surface area contributed by atoms with E-state index >= 15 is 0 Å². The van der Waals surface area contributed by atoms with E-state index in [1.54, 1.807) is 13.8 Å². The van der Waals surface area contributed by atoms with E-state index in [0.29, 0.717) is 12.1 Å². The van der Waals surface area contributed by atoms with Crippen molar-refractivity contribution in [1.29, 1.82) is 0 Å². The lowest BCUT2D eigenvalue weighted by atomic mass is 10.1. The maximum atomic E-state index is 12.9. The third kappa shape index (κ3) is 6.63. The number of halogens is 3. The lowest BCUT2D eigenvalue weighted by molar-refractivity contribution is -0.0242. The number of amides is 2. The minimum atomic E-state index is -3.01. The molecule has 0 radical (unpaired) electrons. The molecule has 1 atom stereocenters. The summed E-state index contributed by atoms with van der Waals surface area (Å²) in [6.07, 6.45) is 2.75. The van der Waals surface area contributed by atoms with Crippen molar-refractivity contribution in [3.05, 3.63) is 52.4 Å². The molecule has 0 bridgehead atoms. The Morgan fingerprint density at radius 3 is 2.62 bits per heavy atom. The first kappa shape index (κ1) is 22.5. The molecule has 0 saturated carbocycles. The molecule has 1 unspecified atom stereocenters. The third-order valence-corrected chi connectivity index (χ3v) is 4.00. The summed E-state index contributed by atoms with van der Waals surface area (Å²) < 4.78 is 30.7. The van der Waals surface area contributed by atoms with E-state index in [1.165, 1.54) is 30.6 Å². The van der Waals surface area contributed by atoms with Gasteiger partial charge in [0.2, 0.25) is 5.88 Å². The summed E-state index contributed by atoms with van der Waals surface area (Å²) in [6.45, 7) is 3.80. The molecule has 0 aromatic carbocycles. The summed E-state index contributed by atoms with van der Waals surface area (Å²) >= 11 is 6.04. The minimum absolute atomic E-state index is 0.0512. The lowest BCUT2D eigenvalue weighted by Crippen LogP contribution is -2.28. The van der Waals surface area contributed by atoms with Gasteiger partial charge in [0.25, 0.3) is 17.7 Å². The average Bonchev–Trinajstić information content (AvgIpc) is 2.66. The van der Waals surface area contributed by atoms with E-state index in [-0.39, 0.29) is 28.1 Å². The maximum Gasteiger partial charge on any atom is 0.278 e. The van der Waals surface area contributed by atoms with Crippen LogP contribution in [0, 0.1) is 0 Å². The Labute approximate surface area is 171 Å². The molecule has 0 aliphatic heterocycles. The van der Waals surface area contributed by atoms with Crippen LogP contribution in [0.15, 0.2) is 30.6 Å². The molecular weight excluding hydrogens is 406 g/mol. The summed E-state index contributed by atoms with van der Waals surface area (Å²) in [6, 6.07) is 3.86. The first-order valence-corrected chi connectivity index (χ1v) is 9.19. The number of nitrogens with zero attached hydrogens (tertiary/aromatic N) is 2. The number of aromatic nitrogens is 2. The molecule has 0 fully saturated rings. The molecule has 0 aliphatic carbocycles. The van der Waals surface area contributed by atoms with Gasteiger partial charge in [0.1, 0.15) is 10.7 Å². The summed E-state index contributed by atoms with van der Waals surface area (Å²) in [7, 11) is 0. The zero-order valence-electron chi connectivity index (χ0n) is 16.1. The number of nitrogens with one attached hydrogen (secondary N) is 2. The summed E-state index contributed by atoms with van der Waals surface area (Å²) in [5.41, 5.74) is 0.945. The van der Waals surface area contributed by atoms with Gasteiger partial charge in [-0.25, -0.2) is 13.8 Å². The van der Waals surface area contributed by atoms with Crippen LogP contribution < -0.4 is 15.4 Å². The maximum absolute atomic E-state index is 12.9. The zero-order chi connectivity index (χ0) is 21.6. The van der Waals surface area contributed by atoms with Gasteiger partial charge < -0.3 is 15.4 Å². The van der Waals surface area contributed by atoms with Crippen molar-refractivity contribution in [3.63, 3.8) is 0 Å². The molecule has 2 aromatic heterocycles.